The van der Waals surface area contributed by atoms with Crippen LogP contribution < -0.4 is 5.32 Å². The van der Waals surface area contributed by atoms with Crippen LogP contribution in [0.1, 0.15) is 23.5 Å². The van der Waals surface area contributed by atoms with E-state index >= 15 is 0 Å². The fourth-order valence-corrected chi connectivity index (χ4v) is 2.79. The van der Waals surface area contributed by atoms with Crippen LogP contribution in [-0.2, 0) is 13.1 Å². The summed E-state index contributed by atoms with van der Waals surface area (Å²) in [6.45, 7) is 1.68. The first-order chi connectivity index (χ1) is 8.29. The largest absolute Gasteiger partial charge is 0.308 e. The second-order valence-corrected chi connectivity index (χ2v) is 6.43. The first-order valence-electron chi connectivity index (χ1n) is 5.64. The van der Waals surface area contributed by atoms with Crippen LogP contribution in [0, 0.1) is 3.57 Å². The number of hydrogen-bond acceptors (Lipinski definition) is 4. The zero-order valence-corrected chi connectivity index (χ0v) is 12.2. The van der Waals surface area contributed by atoms with Gasteiger partial charge in [-0.05, 0) is 35.4 Å². The van der Waals surface area contributed by atoms with Crippen LogP contribution in [0.15, 0.2) is 17.8 Å². The molecule has 1 N–H and O–H groups in total. The molecule has 0 aromatic carbocycles. The van der Waals surface area contributed by atoms with Crippen molar-refractivity contribution in [3.05, 3.63) is 32.0 Å². The van der Waals surface area contributed by atoms with Gasteiger partial charge in [0.2, 0.25) is 0 Å². The number of aromatic nitrogens is 3. The normalized spacial score (nSPS) is 15.4. The standard InChI is InChI=1S/C11H13IN4S/c12-8-3-14-16(5-8)6-10-7-17-11(15-10)4-13-9-1-2-9/h3,5,7,9,13H,1-2,4,6H2. The molecule has 0 radical (unpaired) electrons. The highest BCUT2D eigenvalue weighted by Crippen LogP contribution is 2.20. The van der Waals surface area contributed by atoms with Crippen molar-refractivity contribution in [1.82, 2.24) is 20.1 Å². The number of nitrogens with zero attached hydrogens (tertiary/aromatic N) is 3. The molecule has 90 valence electrons. The SMILES string of the molecule is Ic1cnn(Cc2csc(CNC3CC3)n2)c1. The molecule has 0 bridgehead atoms. The second-order valence-electron chi connectivity index (χ2n) is 4.24. The van der Waals surface area contributed by atoms with Crippen molar-refractivity contribution < 1.29 is 0 Å². The van der Waals surface area contributed by atoms with Crippen LogP contribution in [0.5, 0.6) is 0 Å². The Morgan fingerprint density at radius 2 is 2.41 bits per heavy atom. The Morgan fingerprint density at radius 3 is 3.12 bits per heavy atom. The lowest BCUT2D eigenvalue weighted by molar-refractivity contribution is 0.659. The topological polar surface area (TPSA) is 42.7 Å². The maximum Gasteiger partial charge on any atom is 0.107 e. The molecule has 1 fully saturated rings. The van der Waals surface area contributed by atoms with E-state index in [2.05, 4.69) is 43.4 Å². The average molecular weight is 360 g/mol. The molecule has 0 amide bonds. The average Bonchev–Trinajstić information content (AvgIpc) is 2.90. The van der Waals surface area contributed by atoms with Gasteiger partial charge >= 0.3 is 0 Å². The van der Waals surface area contributed by atoms with Gasteiger partial charge in [-0.15, -0.1) is 11.3 Å². The van der Waals surface area contributed by atoms with E-state index < -0.39 is 0 Å². The van der Waals surface area contributed by atoms with E-state index in [-0.39, 0.29) is 0 Å². The summed E-state index contributed by atoms with van der Waals surface area (Å²) in [5.74, 6) is 0. The molecule has 0 aliphatic heterocycles. The van der Waals surface area contributed by atoms with Crippen LogP contribution in [0.2, 0.25) is 0 Å². The molecule has 1 aliphatic rings. The van der Waals surface area contributed by atoms with Crippen molar-refractivity contribution in [3.63, 3.8) is 0 Å². The lowest BCUT2D eigenvalue weighted by Gasteiger charge is -1.98. The van der Waals surface area contributed by atoms with Gasteiger partial charge in [0.05, 0.1) is 22.0 Å². The van der Waals surface area contributed by atoms with Crippen molar-refractivity contribution in [2.24, 2.45) is 0 Å². The molecule has 0 spiro atoms. The number of thiazole rings is 1. The van der Waals surface area contributed by atoms with Crippen molar-refractivity contribution >= 4 is 33.9 Å². The molecular weight excluding hydrogens is 347 g/mol. The first-order valence-corrected chi connectivity index (χ1v) is 7.60. The molecule has 2 heterocycles. The van der Waals surface area contributed by atoms with Crippen molar-refractivity contribution in [3.8, 4) is 0 Å². The molecular formula is C11H13IN4S. The molecule has 0 saturated heterocycles. The molecule has 0 unspecified atom stereocenters. The molecule has 2 aromatic heterocycles. The predicted molar refractivity (Wildman–Crippen MR) is 76.0 cm³/mol. The monoisotopic (exact) mass is 360 g/mol. The lowest BCUT2D eigenvalue weighted by Crippen LogP contribution is -2.15. The zero-order chi connectivity index (χ0) is 11.7. The fraction of sp³-hybridized carbons (Fsp3) is 0.455. The van der Waals surface area contributed by atoms with Crippen LogP contribution in [0.3, 0.4) is 0 Å². The van der Waals surface area contributed by atoms with Crippen molar-refractivity contribution in [1.29, 1.82) is 0 Å². The Hall–Kier alpha value is -0.470. The summed E-state index contributed by atoms with van der Waals surface area (Å²) < 4.78 is 3.09. The van der Waals surface area contributed by atoms with E-state index in [1.165, 1.54) is 17.8 Å². The number of halogens is 1. The molecule has 0 atom stereocenters. The third-order valence-corrected chi connectivity index (χ3v) is 4.10. The van der Waals surface area contributed by atoms with Gasteiger partial charge in [0.25, 0.3) is 0 Å². The van der Waals surface area contributed by atoms with Gasteiger partial charge < -0.3 is 5.32 Å². The quantitative estimate of drug-likeness (QED) is 0.832. The maximum atomic E-state index is 4.61. The number of rotatable bonds is 5. The third kappa shape index (κ3) is 3.26. The highest BCUT2D eigenvalue weighted by molar-refractivity contribution is 14.1. The summed E-state index contributed by atoms with van der Waals surface area (Å²) in [6, 6.07) is 0.745. The van der Waals surface area contributed by atoms with Gasteiger partial charge in [-0.1, -0.05) is 0 Å². The number of hydrogen-bond donors (Lipinski definition) is 1. The van der Waals surface area contributed by atoms with E-state index in [9.17, 15) is 0 Å². The van der Waals surface area contributed by atoms with E-state index in [1.807, 2.05) is 17.1 Å². The summed E-state index contributed by atoms with van der Waals surface area (Å²) >= 11 is 3.99. The van der Waals surface area contributed by atoms with Crippen LogP contribution in [0.4, 0.5) is 0 Å². The summed E-state index contributed by atoms with van der Waals surface area (Å²) in [5, 5.41) is 11.0. The Bertz CT molecular complexity index is 503. The summed E-state index contributed by atoms with van der Waals surface area (Å²) in [6.07, 6.45) is 6.54. The second kappa shape index (κ2) is 5.03. The van der Waals surface area contributed by atoms with Gasteiger partial charge in [-0.2, -0.15) is 5.10 Å². The van der Waals surface area contributed by atoms with Crippen LogP contribution in [0.25, 0.3) is 0 Å². The molecule has 2 aromatic rings. The minimum absolute atomic E-state index is 0.745. The number of nitrogens with one attached hydrogen (secondary N) is 1. The molecule has 4 nitrogen and oxygen atoms in total. The van der Waals surface area contributed by atoms with Gasteiger partial charge in [0, 0.05) is 24.2 Å². The van der Waals surface area contributed by atoms with Crippen molar-refractivity contribution in [2.45, 2.75) is 32.0 Å². The Balaban J connectivity index is 1.59. The molecule has 6 heteroatoms. The molecule has 17 heavy (non-hydrogen) atoms. The lowest BCUT2D eigenvalue weighted by atomic mass is 10.5. The smallest absolute Gasteiger partial charge is 0.107 e. The predicted octanol–water partition coefficient (Wildman–Crippen LogP) is 2.24. The molecule has 1 saturated carbocycles. The first kappa shape index (κ1) is 11.6. The summed E-state index contributed by atoms with van der Waals surface area (Å²) in [7, 11) is 0. The van der Waals surface area contributed by atoms with Crippen LogP contribution >= 0.6 is 33.9 Å². The molecule has 3 rings (SSSR count). The maximum absolute atomic E-state index is 4.61. The van der Waals surface area contributed by atoms with Crippen LogP contribution in [-0.4, -0.2) is 20.8 Å². The van der Waals surface area contributed by atoms with E-state index in [0.717, 1.165) is 28.4 Å². The third-order valence-electron chi connectivity index (χ3n) is 2.64. The van der Waals surface area contributed by atoms with Gasteiger partial charge in [0.15, 0.2) is 0 Å². The molecule has 1 aliphatic carbocycles. The zero-order valence-electron chi connectivity index (χ0n) is 9.27. The Labute approximate surface area is 118 Å². The van der Waals surface area contributed by atoms with Crippen molar-refractivity contribution in [2.75, 3.05) is 0 Å². The minimum Gasteiger partial charge on any atom is -0.308 e. The van der Waals surface area contributed by atoms with E-state index in [1.54, 1.807) is 11.3 Å². The fourth-order valence-electron chi connectivity index (χ4n) is 1.61. The van der Waals surface area contributed by atoms with Gasteiger partial charge in [-0.25, -0.2) is 4.98 Å². The Morgan fingerprint density at radius 1 is 1.53 bits per heavy atom. The van der Waals surface area contributed by atoms with E-state index in [4.69, 9.17) is 0 Å². The Kier molecular flexibility index (Phi) is 3.44. The highest BCUT2D eigenvalue weighted by Gasteiger charge is 2.20. The minimum atomic E-state index is 0.745. The summed E-state index contributed by atoms with van der Waals surface area (Å²) in [4.78, 5) is 4.61. The highest BCUT2D eigenvalue weighted by atomic mass is 127. The summed E-state index contributed by atoms with van der Waals surface area (Å²) in [5.41, 5.74) is 1.10. The van der Waals surface area contributed by atoms with Gasteiger partial charge in [-0.3, -0.25) is 4.68 Å². The van der Waals surface area contributed by atoms with E-state index in [0.29, 0.717) is 0 Å². The van der Waals surface area contributed by atoms with Gasteiger partial charge in [0.1, 0.15) is 5.01 Å².